The molecule has 0 spiro atoms. The van der Waals surface area contributed by atoms with E-state index in [2.05, 4.69) is 0 Å². The van der Waals surface area contributed by atoms with Crippen LogP contribution in [0.1, 0.15) is 23.7 Å². The van der Waals surface area contributed by atoms with Crippen molar-refractivity contribution in [2.75, 3.05) is 5.75 Å². The Bertz CT molecular complexity index is 354. The smallest absolute Gasteiger partial charge is 0.163 e. The van der Waals surface area contributed by atoms with Gasteiger partial charge in [-0.2, -0.15) is 11.8 Å². The minimum atomic E-state index is -0.835. The van der Waals surface area contributed by atoms with E-state index >= 15 is 0 Å². The second-order valence-electron chi connectivity index (χ2n) is 3.29. The van der Waals surface area contributed by atoms with Crippen LogP contribution in [-0.4, -0.2) is 10.9 Å². The van der Waals surface area contributed by atoms with Gasteiger partial charge in [-0.3, -0.25) is 0 Å². The van der Waals surface area contributed by atoms with E-state index in [0.717, 1.165) is 11.8 Å². The molecule has 2 rings (SSSR count). The van der Waals surface area contributed by atoms with E-state index in [1.807, 2.05) is 0 Å². The lowest BCUT2D eigenvalue weighted by Crippen LogP contribution is -2.03. The lowest BCUT2D eigenvalue weighted by Gasteiger charge is -2.11. The van der Waals surface area contributed by atoms with Crippen molar-refractivity contribution in [3.8, 4) is 0 Å². The molecule has 0 radical (unpaired) electrons. The summed E-state index contributed by atoms with van der Waals surface area (Å²) in [6.07, 6.45) is -0.0574. The zero-order valence-electron chi connectivity index (χ0n) is 7.46. The highest BCUT2D eigenvalue weighted by Gasteiger charge is 2.21. The largest absolute Gasteiger partial charge is 0.388 e. The molecule has 1 aromatic rings. The molecule has 0 aliphatic carbocycles. The Hall–Kier alpha value is -0.610. The molecule has 0 amide bonds. The van der Waals surface area contributed by atoms with Gasteiger partial charge in [0.2, 0.25) is 0 Å². The highest BCUT2D eigenvalue weighted by molar-refractivity contribution is 7.98. The summed E-state index contributed by atoms with van der Waals surface area (Å²) >= 11 is 1.52. The van der Waals surface area contributed by atoms with Gasteiger partial charge in [-0.1, -0.05) is 6.07 Å². The van der Waals surface area contributed by atoms with Crippen molar-refractivity contribution in [2.45, 2.75) is 18.3 Å². The third-order valence-electron chi connectivity index (χ3n) is 2.37. The van der Waals surface area contributed by atoms with Crippen LogP contribution in [0.4, 0.5) is 8.78 Å². The molecular weight excluding hydrogens is 206 g/mol. The van der Waals surface area contributed by atoms with Crippen LogP contribution >= 0.6 is 11.8 Å². The standard InChI is InChI=1S/C10H10F2OS/c11-8-2-1-6-7(10(8)12)5-14-4-3-9(6)13/h1-2,9,13H,3-5H2/t9-/m1/s1. The molecule has 1 nitrogen and oxygen atoms in total. The highest BCUT2D eigenvalue weighted by Crippen LogP contribution is 2.32. The van der Waals surface area contributed by atoms with Crippen LogP contribution < -0.4 is 0 Å². The van der Waals surface area contributed by atoms with Gasteiger partial charge < -0.3 is 5.11 Å². The van der Waals surface area contributed by atoms with Crippen molar-refractivity contribution < 1.29 is 13.9 Å². The van der Waals surface area contributed by atoms with E-state index in [-0.39, 0.29) is 0 Å². The Kier molecular flexibility index (Phi) is 2.74. The minimum Gasteiger partial charge on any atom is -0.388 e. The number of fused-ring (bicyclic) bond motifs is 1. The van der Waals surface area contributed by atoms with Crippen LogP contribution in [0.15, 0.2) is 12.1 Å². The van der Waals surface area contributed by atoms with Crippen molar-refractivity contribution in [3.05, 3.63) is 34.9 Å². The number of hydrogen-bond donors (Lipinski definition) is 1. The number of hydrogen-bond acceptors (Lipinski definition) is 2. The Balaban J connectivity index is 2.53. The number of halogens is 2. The minimum absolute atomic E-state index is 0.319. The van der Waals surface area contributed by atoms with E-state index < -0.39 is 17.7 Å². The molecule has 4 heteroatoms. The SMILES string of the molecule is O[C@@H]1CCSCc2c1ccc(F)c2F. The van der Waals surface area contributed by atoms with E-state index in [1.54, 1.807) is 0 Å². The monoisotopic (exact) mass is 216 g/mol. The van der Waals surface area contributed by atoms with Gasteiger partial charge in [0, 0.05) is 11.3 Å². The van der Waals surface area contributed by atoms with E-state index in [0.29, 0.717) is 23.3 Å². The van der Waals surface area contributed by atoms with Gasteiger partial charge in [0.05, 0.1) is 6.10 Å². The summed E-state index contributed by atoms with van der Waals surface area (Å²) in [4.78, 5) is 0. The molecule has 14 heavy (non-hydrogen) atoms. The molecule has 1 aliphatic heterocycles. The number of thioether (sulfide) groups is 1. The van der Waals surface area contributed by atoms with Gasteiger partial charge in [0.15, 0.2) is 11.6 Å². The number of benzene rings is 1. The average molecular weight is 216 g/mol. The lowest BCUT2D eigenvalue weighted by molar-refractivity contribution is 0.174. The molecule has 0 fully saturated rings. The van der Waals surface area contributed by atoms with Gasteiger partial charge in [-0.05, 0) is 23.8 Å². The topological polar surface area (TPSA) is 20.2 Å². The van der Waals surface area contributed by atoms with Gasteiger partial charge in [0.25, 0.3) is 0 Å². The first-order valence-corrected chi connectivity index (χ1v) is 5.58. The van der Waals surface area contributed by atoms with Crippen LogP contribution in [0.25, 0.3) is 0 Å². The maximum absolute atomic E-state index is 13.3. The second-order valence-corrected chi connectivity index (χ2v) is 4.39. The predicted molar refractivity (Wildman–Crippen MR) is 52.1 cm³/mol. The van der Waals surface area contributed by atoms with Crippen LogP contribution in [0.2, 0.25) is 0 Å². The summed E-state index contributed by atoms with van der Waals surface area (Å²) < 4.78 is 26.2. The third kappa shape index (κ3) is 1.64. The van der Waals surface area contributed by atoms with Gasteiger partial charge in [-0.15, -0.1) is 0 Å². The molecule has 1 aliphatic rings. The Morgan fingerprint density at radius 1 is 1.36 bits per heavy atom. The van der Waals surface area contributed by atoms with Crippen molar-refractivity contribution in [1.82, 2.24) is 0 Å². The van der Waals surface area contributed by atoms with Crippen molar-refractivity contribution in [1.29, 1.82) is 0 Å². The van der Waals surface area contributed by atoms with Crippen LogP contribution in [0, 0.1) is 11.6 Å². The third-order valence-corrected chi connectivity index (χ3v) is 3.39. The fourth-order valence-electron chi connectivity index (χ4n) is 1.59. The van der Waals surface area contributed by atoms with Gasteiger partial charge in [-0.25, -0.2) is 8.78 Å². The predicted octanol–water partition coefficient (Wildman–Crippen LogP) is 2.64. The maximum Gasteiger partial charge on any atom is 0.163 e. The molecule has 1 aromatic carbocycles. The molecule has 0 aromatic heterocycles. The van der Waals surface area contributed by atoms with Gasteiger partial charge in [0.1, 0.15) is 0 Å². The Morgan fingerprint density at radius 2 is 2.14 bits per heavy atom. The summed E-state index contributed by atoms with van der Waals surface area (Å²) in [7, 11) is 0. The van der Waals surface area contributed by atoms with Crippen LogP contribution in [0.3, 0.4) is 0 Å². The quantitative estimate of drug-likeness (QED) is 0.719. The van der Waals surface area contributed by atoms with Crippen LogP contribution in [-0.2, 0) is 5.75 Å². The lowest BCUT2D eigenvalue weighted by atomic mass is 10.0. The fraction of sp³-hybridized carbons (Fsp3) is 0.400. The maximum atomic E-state index is 13.3. The fourth-order valence-corrected chi connectivity index (χ4v) is 2.62. The first kappa shape index (κ1) is 9.93. The number of rotatable bonds is 0. The van der Waals surface area contributed by atoms with Crippen LogP contribution in [0.5, 0.6) is 0 Å². The molecule has 0 saturated carbocycles. The van der Waals surface area contributed by atoms with E-state index in [1.165, 1.54) is 17.8 Å². The number of aliphatic hydroxyl groups excluding tert-OH is 1. The summed E-state index contributed by atoms with van der Waals surface area (Å²) in [6, 6.07) is 2.55. The molecular formula is C10H10F2OS. The van der Waals surface area contributed by atoms with Crippen molar-refractivity contribution in [3.63, 3.8) is 0 Å². The number of aliphatic hydroxyl groups is 1. The first-order valence-electron chi connectivity index (χ1n) is 4.42. The summed E-state index contributed by atoms with van der Waals surface area (Å²) in [6.45, 7) is 0. The van der Waals surface area contributed by atoms with Crippen molar-refractivity contribution in [2.24, 2.45) is 0 Å². The molecule has 76 valence electrons. The molecule has 1 atom stereocenters. The molecule has 0 saturated heterocycles. The normalized spacial score (nSPS) is 21.5. The highest BCUT2D eigenvalue weighted by atomic mass is 32.2. The summed E-state index contributed by atoms with van der Waals surface area (Å²) in [5, 5.41) is 9.65. The molecule has 1 N–H and O–H groups in total. The molecule has 1 heterocycles. The second kappa shape index (κ2) is 3.87. The zero-order chi connectivity index (χ0) is 10.1. The molecule has 0 unspecified atom stereocenters. The summed E-state index contributed by atoms with van der Waals surface area (Å²) in [5.74, 6) is -0.429. The zero-order valence-corrected chi connectivity index (χ0v) is 8.28. The van der Waals surface area contributed by atoms with Gasteiger partial charge >= 0.3 is 0 Å². The average Bonchev–Trinajstić information content (AvgIpc) is 2.35. The van der Waals surface area contributed by atoms with E-state index in [4.69, 9.17) is 0 Å². The molecule has 0 bridgehead atoms. The Labute approximate surface area is 85.1 Å². The van der Waals surface area contributed by atoms with Crippen molar-refractivity contribution >= 4 is 11.8 Å². The van der Waals surface area contributed by atoms with E-state index in [9.17, 15) is 13.9 Å². The summed E-state index contributed by atoms with van der Waals surface area (Å²) in [5.41, 5.74) is 0.855. The Morgan fingerprint density at radius 3 is 2.93 bits per heavy atom. The first-order chi connectivity index (χ1) is 6.70.